The van der Waals surface area contributed by atoms with E-state index in [9.17, 15) is 14.9 Å². The summed E-state index contributed by atoms with van der Waals surface area (Å²) in [7, 11) is 0. The first kappa shape index (κ1) is 9.85. The van der Waals surface area contributed by atoms with Gasteiger partial charge < -0.3 is 0 Å². The first-order chi connectivity index (χ1) is 6.02. The zero-order valence-corrected chi connectivity index (χ0v) is 8.37. The SMILES string of the molecule is Cc1ccc(C(=O)Br)cc1[N+](=O)[O-]. The molecule has 1 rings (SSSR count). The molecule has 0 bridgehead atoms. The van der Waals surface area contributed by atoms with Gasteiger partial charge in [-0.3, -0.25) is 14.9 Å². The molecule has 0 aliphatic heterocycles. The summed E-state index contributed by atoms with van der Waals surface area (Å²) in [4.78, 5) is 20.8. The Bertz CT molecular complexity index is 376. The molecule has 0 aliphatic carbocycles. The van der Waals surface area contributed by atoms with Crippen molar-refractivity contribution in [2.45, 2.75) is 6.92 Å². The molecule has 1 aromatic carbocycles. The fraction of sp³-hybridized carbons (Fsp3) is 0.125. The zero-order valence-electron chi connectivity index (χ0n) is 6.78. The lowest BCUT2D eigenvalue weighted by Gasteiger charge is -1.97. The first-order valence-corrected chi connectivity index (χ1v) is 4.26. The van der Waals surface area contributed by atoms with Crippen LogP contribution in [0.3, 0.4) is 0 Å². The van der Waals surface area contributed by atoms with Gasteiger partial charge in [0.25, 0.3) is 5.69 Å². The number of benzene rings is 1. The molecule has 1 aromatic rings. The molecule has 0 amide bonds. The molecule has 0 unspecified atom stereocenters. The fourth-order valence-electron chi connectivity index (χ4n) is 0.928. The van der Waals surface area contributed by atoms with Gasteiger partial charge in [-0.1, -0.05) is 6.07 Å². The summed E-state index contributed by atoms with van der Waals surface area (Å²) in [5.74, 6) is 0. The van der Waals surface area contributed by atoms with Crippen LogP contribution in [0, 0.1) is 17.0 Å². The smallest absolute Gasteiger partial charge is 0.273 e. The van der Waals surface area contributed by atoms with Gasteiger partial charge in [0.2, 0.25) is 4.69 Å². The van der Waals surface area contributed by atoms with Crippen LogP contribution in [0.2, 0.25) is 0 Å². The second kappa shape index (κ2) is 3.66. The lowest BCUT2D eigenvalue weighted by molar-refractivity contribution is -0.385. The Labute approximate surface area is 82.8 Å². The van der Waals surface area contributed by atoms with Crippen LogP contribution >= 0.6 is 15.9 Å². The van der Waals surface area contributed by atoms with Gasteiger partial charge in [-0.15, -0.1) is 0 Å². The van der Waals surface area contributed by atoms with Crippen molar-refractivity contribution < 1.29 is 9.72 Å². The summed E-state index contributed by atoms with van der Waals surface area (Å²) >= 11 is 2.73. The number of hydrogen-bond donors (Lipinski definition) is 0. The number of halogens is 1. The minimum atomic E-state index is -0.505. The molecule has 0 atom stereocenters. The summed E-state index contributed by atoms with van der Waals surface area (Å²) in [5, 5.41) is 10.5. The highest BCUT2D eigenvalue weighted by Crippen LogP contribution is 2.20. The minimum absolute atomic E-state index is 0.0368. The Kier molecular flexibility index (Phi) is 2.77. The van der Waals surface area contributed by atoms with Gasteiger partial charge in [-0.25, -0.2) is 0 Å². The Hall–Kier alpha value is -1.23. The van der Waals surface area contributed by atoms with Crippen LogP contribution in [0.5, 0.6) is 0 Å². The molecule has 0 N–H and O–H groups in total. The van der Waals surface area contributed by atoms with Crippen molar-refractivity contribution in [3.63, 3.8) is 0 Å². The number of carbonyl (C=O) groups is 1. The van der Waals surface area contributed by atoms with E-state index in [2.05, 4.69) is 15.9 Å². The average molecular weight is 244 g/mol. The van der Waals surface area contributed by atoms with Crippen LogP contribution < -0.4 is 0 Å². The number of aryl methyl sites for hydroxylation is 1. The summed E-state index contributed by atoms with van der Waals surface area (Å²) in [6, 6.07) is 4.35. The summed E-state index contributed by atoms with van der Waals surface area (Å²) in [6.07, 6.45) is 0. The quantitative estimate of drug-likeness (QED) is 0.456. The van der Waals surface area contributed by atoms with Crippen molar-refractivity contribution in [3.8, 4) is 0 Å². The second-order valence-corrected chi connectivity index (χ2v) is 3.25. The maximum Gasteiger partial charge on any atom is 0.273 e. The van der Waals surface area contributed by atoms with E-state index in [-0.39, 0.29) is 15.9 Å². The zero-order chi connectivity index (χ0) is 10.0. The molecule has 0 aliphatic rings. The van der Waals surface area contributed by atoms with Crippen molar-refractivity contribution >= 4 is 26.3 Å². The molecule has 0 heterocycles. The molecule has 0 aromatic heterocycles. The summed E-state index contributed by atoms with van der Waals surface area (Å²) < 4.78 is -0.351. The van der Waals surface area contributed by atoms with E-state index in [1.54, 1.807) is 19.1 Å². The molecule has 13 heavy (non-hydrogen) atoms. The van der Waals surface area contributed by atoms with Crippen LogP contribution in [0.4, 0.5) is 5.69 Å². The number of nitro groups is 1. The first-order valence-electron chi connectivity index (χ1n) is 3.47. The summed E-state index contributed by atoms with van der Waals surface area (Å²) in [5.41, 5.74) is 0.796. The monoisotopic (exact) mass is 243 g/mol. The third-order valence-corrected chi connectivity index (χ3v) is 2.09. The van der Waals surface area contributed by atoms with E-state index in [0.717, 1.165) is 0 Å². The van der Waals surface area contributed by atoms with Crippen molar-refractivity contribution in [2.24, 2.45) is 0 Å². The van der Waals surface area contributed by atoms with Crippen LogP contribution in [0.25, 0.3) is 0 Å². The van der Waals surface area contributed by atoms with E-state index in [4.69, 9.17) is 0 Å². The third kappa shape index (κ3) is 2.12. The van der Waals surface area contributed by atoms with Crippen LogP contribution in [0.15, 0.2) is 18.2 Å². The Morgan fingerprint density at radius 2 is 2.15 bits per heavy atom. The molecule has 0 radical (unpaired) electrons. The highest BCUT2D eigenvalue weighted by molar-refractivity contribution is 9.18. The van der Waals surface area contributed by atoms with Gasteiger partial charge in [0.15, 0.2) is 0 Å². The van der Waals surface area contributed by atoms with Crippen LogP contribution in [0.1, 0.15) is 15.9 Å². The van der Waals surface area contributed by atoms with Crippen LogP contribution in [-0.2, 0) is 0 Å². The van der Waals surface area contributed by atoms with Crippen molar-refractivity contribution in [1.82, 2.24) is 0 Å². The lowest BCUT2D eigenvalue weighted by Crippen LogP contribution is -1.95. The van der Waals surface area contributed by atoms with E-state index >= 15 is 0 Å². The third-order valence-electron chi connectivity index (χ3n) is 1.63. The van der Waals surface area contributed by atoms with Crippen molar-refractivity contribution in [2.75, 3.05) is 0 Å². The largest absolute Gasteiger partial charge is 0.281 e. The highest BCUT2D eigenvalue weighted by Gasteiger charge is 2.12. The van der Waals surface area contributed by atoms with Gasteiger partial charge >= 0.3 is 0 Å². The van der Waals surface area contributed by atoms with E-state index in [1.165, 1.54) is 6.07 Å². The molecule has 5 heteroatoms. The van der Waals surface area contributed by atoms with Crippen molar-refractivity contribution in [3.05, 3.63) is 39.4 Å². The molecular formula is C8H6BrNO3. The molecule has 0 spiro atoms. The average Bonchev–Trinajstić information content (AvgIpc) is 2.04. The molecule has 68 valence electrons. The Morgan fingerprint density at radius 1 is 1.54 bits per heavy atom. The second-order valence-electron chi connectivity index (χ2n) is 2.53. The molecular weight excluding hydrogens is 238 g/mol. The van der Waals surface area contributed by atoms with E-state index in [0.29, 0.717) is 5.56 Å². The van der Waals surface area contributed by atoms with Crippen LogP contribution in [-0.4, -0.2) is 9.62 Å². The minimum Gasteiger partial charge on any atom is -0.281 e. The predicted molar refractivity (Wildman–Crippen MR) is 51.1 cm³/mol. The number of hydrogen-bond acceptors (Lipinski definition) is 3. The fourth-order valence-corrected chi connectivity index (χ4v) is 1.17. The predicted octanol–water partition coefficient (Wildman–Crippen LogP) is 2.44. The molecule has 0 fully saturated rings. The number of carbonyl (C=O) groups excluding carboxylic acids is 1. The normalized spacial score (nSPS) is 9.69. The highest BCUT2D eigenvalue weighted by atomic mass is 79.9. The van der Waals surface area contributed by atoms with Gasteiger partial charge in [0, 0.05) is 17.2 Å². The molecule has 0 saturated carbocycles. The Morgan fingerprint density at radius 3 is 2.62 bits per heavy atom. The van der Waals surface area contributed by atoms with Gasteiger partial charge in [-0.2, -0.15) is 0 Å². The van der Waals surface area contributed by atoms with Gasteiger partial charge in [0.05, 0.1) is 4.92 Å². The van der Waals surface area contributed by atoms with Gasteiger partial charge in [-0.05, 0) is 28.9 Å². The maximum atomic E-state index is 10.8. The standard InChI is InChI=1S/C8H6BrNO3/c1-5-2-3-6(8(9)11)4-7(5)10(12)13/h2-4H,1H3. The lowest BCUT2D eigenvalue weighted by atomic mass is 10.1. The topological polar surface area (TPSA) is 60.2 Å². The number of rotatable bonds is 2. The van der Waals surface area contributed by atoms with Gasteiger partial charge in [0.1, 0.15) is 0 Å². The molecule has 0 saturated heterocycles. The summed E-state index contributed by atoms with van der Waals surface area (Å²) in [6.45, 7) is 1.63. The maximum absolute atomic E-state index is 10.8. The van der Waals surface area contributed by atoms with E-state index < -0.39 is 4.92 Å². The number of nitrogens with zero attached hydrogens (tertiary/aromatic N) is 1. The number of nitro benzene ring substituents is 1. The Balaban J connectivity index is 3.27. The molecule has 4 nitrogen and oxygen atoms in total. The van der Waals surface area contributed by atoms with E-state index in [1.807, 2.05) is 0 Å². The van der Waals surface area contributed by atoms with Crippen molar-refractivity contribution in [1.29, 1.82) is 0 Å².